The summed E-state index contributed by atoms with van der Waals surface area (Å²) in [5.41, 5.74) is 6.29. The van der Waals surface area contributed by atoms with Crippen molar-refractivity contribution in [1.29, 1.82) is 0 Å². The van der Waals surface area contributed by atoms with Crippen molar-refractivity contribution in [2.45, 2.75) is 39.7 Å². The number of rotatable bonds is 0. The molecule has 0 bridgehead atoms. The van der Waals surface area contributed by atoms with Crippen LogP contribution in [0.2, 0.25) is 0 Å². The van der Waals surface area contributed by atoms with Crippen LogP contribution in [0.15, 0.2) is 0 Å². The second-order valence-electron chi connectivity index (χ2n) is 3.91. The molecule has 2 N–H and O–H groups in total. The van der Waals surface area contributed by atoms with Gasteiger partial charge in [0.15, 0.2) is 0 Å². The average molecular weight is 127 g/mol. The molecule has 9 heavy (non-hydrogen) atoms. The molecule has 0 spiro atoms. The molecule has 1 heteroatoms. The van der Waals surface area contributed by atoms with E-state index >= 15 is 0 Å². The summed E-state index contributed by atoms with van der Waals surface area (Å²) in [4.78, 5) is 0. The molecule has 0 aliphatic heterocycles. The summed E-state index contributed by atoms with van der Waals surface area (Å²) in [7, 11) is 0. The highest BCUT2D eigenvalue weighted by Crippen LogP contribution is 2.40. The molecular weight excluding hydrogens is 110 g/mol. The maximum absolute atomic E-state index is 5.90. The zero-order valence-electron chi connectivity index (χ0n) is 6.65. The number of hydrogen-bond donors (Lipinski definition) is 1. The van der Waals surface area contributed by atoms with E-state index in [0.29, 0.717) is 11.5 Å². The van der Waals surface area contributed by atoms with Crippen molar-refractivity contribution in [1.82, 2.24) is 0 Å². The standard InChI is InChI=1S/C8H17N/c1-6-4-5-7(9)8(6,2)3/h6-7H,4-5,9H2,1-3H3/t6-,7-/m1/s1. The zero-order valence-corrected chi connectivity index (χ0v) is 6.65. The second kappa shape index (κ2) is 1.98. The Balaban J connectivity index is 2.66. The van der Waals surface area contributed by atoms with E-state index in [1.165, 1.54) is 12.8 Å². The molecule has 2 atom stereocenters. The minimum absolute atomic E-state index is 0.389. The first-order chi connectivity index (χ1) is 4.05. The third-order valence-electron chi connectivity index (χ3n) is 3.14. The van der Waals surface area contributed by atoms with Gasteiger partial charge in [0.05, 0.1) is 0 Å². The smallest absolute Gasteiger partial charge is 0.00929 e. The highest BCUT2D eigenvalue weighted by molar-refractivity contribution is 4.92. The Kier molecular flexibility index (Phi) is 1.55. The second-order valence-corrected chi connectivity index (χ2v) is 3.91. The summed E-state index contributed by atoms with van der Waals surface area (Å²) in [5.74, 6) is 0.812. The lowest BCUT2D eigenvalue weighted by Gasteiger charge is -2.28. The van der Waals surface area contributed by atoms with Crippen LogP contribution in [0.1, 0.15) is 33.6 Å². The van der Waals surface area contributed by atoms with E-state index in [9.17, 15) is 0 Å². The molecule has 0 aromatic rings. The van der Waals surface area contributed by atoms with Crippen molar-refractivity contribution >= 4 is 0 Å². The molecule has 1 rings (SSSR count). The summed E-state index contributed by atoms with van der Waals surface area (Å²) < 4.78 is 0. The van der Waals surface area contributed by atoms with E-state index < -0.39 is 0 Å². The Morgan fingerprint density at radius 3 is 2.00 bits per heavy atom. The van der Waals surface area contributed by atoms with E-state index in [2.05, 4.69) is 20.8 Å². The molecule has 0 saturated heterocycles. The van der Waals surface area contributed by atoms with Crippen LogP contribution in [0.3, 0.4) is 0 Å². The third-order valence-corrected chi connectivity index (χ3v) is 3.14. The molecule has 54 valence electrons. The van der Waals surface area contributed by atoms with Gasteiger partial charge >= 0.3 is 0 Å². The summed E-state index contributed by atoms with van der Waals surface area (Å²) in [5, 5.41) is 0. The molecule has 1 fully saturated rings. The van der Waals surface area contributed by atoms with Crippen LogP contribution in [0.25, 0.3) is 0 Å². The fraction of sp³-hybridized carbons (Fsp3) is 1.00. The Hall–Kier alpha value is -0.0400. The van der Waals surface area contributed by atoms with E-state index in [-0.39, 0.29) is 0 Å². The fourth-order valence-corrected chi connectivity index (χ4v) is 1.54. The van der Waals surface area contributed by atoms with Crippen molar-refractivity contribution < 1.29 is 0 Å². The van der Waals surface area contributed by atoms with Gasteiger partial charge in [0.2, 0.25) is 0 Å². The summed E-state index contributed by atoms with van der Waals surface area (Å²) in [6.45, 7) is 6.84. The van der Waals surface area contributed by atoms with Gasteiger partial charge in [-0.3, -0.25) is 0 Å². The lowest BCUT2D eigenvalue weighted by molar-refractivity contribution is 0.250. The molecule has 0 heterocycles. The van der Waals surface area contributed by atoms with Crippen LogP contribution in [0, 0.1) is 11.3 Å². The van der Waals surface area contributed by atoms with Crippen LogP contribution in [0.5, 0.6) is 0 Å². The van der Waals surface area contributed by atoms with Gasteiger partial charge in [0.25, 0.3) is 0 Å². The van der Waals surface area contributed by atoms with Crippen molar-refractivity contribution in [3.8, 4) is 0 Å². The van der Waals surface area contributed by atoms with Gasteiger partial charge in [0, 0.05) is 6.04 Å². The summed E-state index contributed by atoms with van der Waals surface area (Å²) in [6.07, 6.45) is 2.53. The van der Waals surface area contributed by atoms with Crippen LogP contribution in [0.4, 0.5) is 0 Å². The van der Waals surface area contributed by atoms with E-state index in [1.54, 1.807) is 0 Å². The van der Waals surface area contributed by atoms with Gasteiger partial charge in [-0.1, -0.05) is 20.8 Å². The van der Waals surface area contributed by atoms with Crippen LogP contribution in [-0.2, 0) is 0 Å². The van der Waals surface area contributed by atoms with E-state index in [1.807, 2.05) is 0 Å². The van der Waals surface area contributed by atoms with E-state index in [4.69, 9.17) is 5.73 Å². The third kappa shape index (κ3) is 0.983. The average Bonchev–Trinajstić information content (AvgIpc) is 1.96. The highest BCUT2D eigenvalue weighted by atomic mass is 14.7. The van der Waals surface area contributed by atoms with Gasteiger partial charge in [-0.25, -0.2) is 0 Å². The topological polar surface area (TPSA) is 26.0 Å². The fourth-order valence-electron chi connectivity index (χ4n) is 1.54. The maximum atomic E-state index is 5.90. The predicted octanol–water partition coefficient (Wildman–Crippen LogP) is 1.77. The first-order valence-electron chi connectivity index (χ1n) is 3.80. The quantitative estimate of drug-likeness (QED) is 0.527. The van der Waals surface area contributed by atoms with Crippen LogP contribution >= 0.6 is 0 Å². The number of nitrogens with two attached hydrogens (primary N) is 1. The van der Waals surface area contributed by atoms with Gasteiger partial charge < -0.3 is 5.73 Å². The van der Waals surface area contributed by atoms with Gasteiger partial charge in [0.1, 0.15) is 0 Å². The molecule has 1 saturated carbocycles. The van der Waals surface area contributed by atoms with Crippen molar-refractivity contribution in [3.05, 3.63) is 0 Å². The SMILES string of the molecule is C[C@@H]1CC[C@@H](N)C1(C)C. The highest BCUT2D eigenvalue weighted by Gasteiger charge is 2.37. The van der Waals surface area contributed by atoms with Crippen LogP contribution in [-0.4, -0.2) is 6.04 Å². The first kappa shape index (κ1) is 7.07. The molecule has 1 aliphatic rings. The Labute approximate surface area is 57.6 Å². The lowest BCUT2D eigenvalue weighted by Crippen LogP contribution is -2.34. The largest absolute Gasteiger partial charge is 0.327 e. The molecule has 0 unspecified atom stereocenters. The minimum Gasteiger partial charge on any atom is -0.327 e. The van der Waals surface area contributed by atoms with Gasteiger partial charge in [-0.05, 0) is 24.2 Å². The first-order valence-corrected chi connectivity index (χ1v) is 3.80. The van der Waals surface area contributed by atoms with Gasteiger partial charge in [-0.2, -0.15) is 0 Å². The van der Waals surface area contributed by atoms with Crippen molar-refractivity contribution in [3.63, 3.8) is 0 Å². The summed E-state index contributed by atoms with van der Waals surface area (Å²) >= 11 is 0. The zero-order chi connectivity index (χ0) is 7.07. The molecule has 1 nitrogen and oxygen atoms in total. The Morgan fingerprint density at radius 1 is 1.33 bits per heavy atom. The minimum atomic E-state index is 0.389. The van der Waals surface area contributed by atoms with E-state index in [0.717, 1.165) is 5.92 Å². The summed E-state index contributed by atoms with van der Waals surface area (Å²) in [6, 6.07) is 0.437. The Morgan fingerprint density at radius 2 is 1.89 bits per heavy atom. The molecule has 0 aromatic heterocycles. The molecule has 0 amide bonds. The predicted molar refractivity (Wildman–Crippen MR) is 40.2 cm³/mol. The monoisotopic (exact) mass is 127 g/mol. The molecule has 0 aromatic carbocycles. The van der Waals surface area contributed by atoms with Crippen molar-refractivity contribution in [2.24, 2.45) is 17.1 Å². The lowest BCUT2D eigenvalue weighted by atomic mass is 9.81. The molecule has 1 aliphatic carbocycles. The van der Waals surface area contributed by atoms with Crippen molar-refractivity contribution in [2.75, 3.05) is 0 Å². The number of hydrogen-bond acceptors (Lipinski definition) is 1. The molecular formula is C8H17N. The normalized spacial score (nSPS) is 41.3. The Bertz CT molecular complexity index is 95.1. The molecule has 0 radical (unpaired) electrons. The van der Waals surface area contributed by atoms with Crippen LogP contribution < -0.4 is 5.73 Å². The van der Waals surface area contributed by atoms with Gasteiger partial charge in [-0.15, -0.1) is 0 Å². The maximum Gasteiger partial charge on any atom is 0.00929 e.